The summed E-state index contributed by atoms with van der Waals surface area (Å²) >= 11 is 0. The Balaban J connectivity index is 1.27. The fraction of sp³-hybridized carbons (Fsp3) is 0.906. The van der Waals surface area contributed by atoms with Gasteiger partial charge >= 0.3 is 5.97 Å². The number of aliphatic hydroxyl groups is 1. The molecular formula is C32H50O5. The van der Waals surface area contributed by atoms with E-state index in [0.717, 1.165) is 25.7 Å². The molecule has 0 aromatic carbocycles. The Hall–Kier alpha value is -0.910. The zero-order valence-electron chi connectivity index (χ0n) is 24.4. The molecule has 11 atom stereocenters. The van der Waals surface area contributed by atoms with Crippen LogP contribution in [0.2, 0.25) is 0 Å². The van der Waals surface area contributed by atoms with Crippen molar-refractivity contribution in [2.24, 2.45) is 45.3 Å². The molecule has 0 spiro atoms. The van der Waals surface area contributed by atoms with Gasteiger partial charge in [0.2, 0.25) is 0 Å². The number of rotatable bonds is 3. The van der Waals surface area contributed by atoms with Crippen molar-refractivity contribution in [3.05, 3.63) is 11.6 Å². The molecule has 11 unspecified atom stereocenters. The van der Waals surface area contributed by atoms with Crippen LogP contribution in [0.4, 0.5) is 0 Å². The van der Waals surface area contributed by atoms with Crippen LogP contribution in [0.3, 0.4) is 0 Å². The third kappa shape index (κ3) is 3.55. The lowest BCUT2D eigenvalue weighted by atomic mass is 9.41. The van der Waals surface area contributed by atoms with E-state index in [9.17, 15) is 9.90 Å². The highest BCUT2D eigenvalue weighted by Gasteiger charge is 2.67. The third-order valence-corrected chi connectivity index (χ3v) is 13.2. The molecule has 4 aliphatic carbocycles. The van der Waals surface area contributed by atoms with Crippen molar-refractivity contribution in [1.29, 1.82) is 0 Å². The third-order valence-electron chi connectivity index (χ3n) is 13.2. The number of ether oxygens (including phenoxy) is 3. The first-order valence-electron chi connectivity index (χ1n) is 15.0. The number of carbonyl (C=O) groups excluding carboxylic acids is 1. The fourth-order valence-electron chi connectivity index (χ4n) is 10.9. The Morgan fingerprint density at radius 3 is 2.38 bits per heavy atom. The van der Waals surface area contributed by atoms with Crippen LogP contribution in [0.1, 0.15) is 107 Å². The van der Waals surface area contributed by atoms with Gasteiger partial charge in [-0.3, -0.25) is 4.79 Å². The molecule has 0 aromatic rings. The Kier molecular flexibility index (Phi) is 5.74. The van der Waals surface area contributed by atoms with Gasteiger partial charge in [-0.2, -0.15) is 0 Å². The number of allylic oxidation sites excluding steroid dienone is 2. The molecule has 5 heteroatoms. The van der Waals surface area contributed by atoms with Crippen molar-refractivity contribution in [3.63, 3.8) is 0 Å². The predicted molar refractivity (Wildman–Crippen MR) is 142 cm³/mol. The van der Waals surface area contributed by atoms with Gasteiger partial charge < -0.3 is 19.3 Å². The smallest absolute Gasteiger partial charge is 0.302 e. The highest BCUT2D eigenvalue weighted by molar-refractivity contribution is 5.66. The molecule has 0 aromatic heterocycles. The normalized spacial score (nSPS) is 53.5. The number of hydrogen-bond acceptors (Lipinski definition) is 5. The molecule has 0 amide bonds. The van der Waals surface area contributed by atoms with Gasteiger partial charge in [0.1, 0.15) is 12.2 Å². The molecule has 208 valence electrons. The zero-order chi connectivity index (χ0) is 26.8. The molecule has 2 saturated heterocycles. The maximum Gasteiger partial charge on any atom is 0.302 e. The molecule has 5 nitrogen and oxygen atoms in total. The molecule has 37 heavy (non-hydrogen) atoms. The summed E-state index contributed by atoms with van der Waals surface area (Å²) in [6.07, 6.45) is 11.0. The van der Waals surface area contributed by atoms with Gasteiger partial charge in [-0.05, 0) is 99.2 Å². The van der Waals surface area contributed by atoms with Gasteiger partial charge in [0.15, 0.2) is 6.29 Å². The van der Waals surface area contributed by atoms with E-state index < -0.39 is 6.29 Å². The number of fused-ring (bicyclic) bond motifs is 5. The van der Waals surface area contributed by atoms with E-state index in [0.29, 0.717) is 17.8 Å². The SMILES string of the molecule is CC(=O)OC1CCC2(C)C3CCC4(C)C(C5CC(C6OC6(C)C)OC5O)CCC4(C)C3=CCC2C1(C)C. The second kappa shape index (κ2) is 8.07. The van der Waals surface area contributed by atoms with Gasteiger partial charge in [0.05, 0.1) is 11.7 Å². The highest BCUT2D eigenvalue weighted by atomic mass is 16.7. The Morgan fingerprint density at radius 1 is 1.03 bits per heavy atom. The molecule has 0 radical (unpaired) electrons. The van der Waals surface area contributed by atoms with Crippen molar-refractivity contribution in [3.8, 4) is 0 Å². The predicted octanol–water partition coefficient (Wildman–Crippen LogP) is 6.42. The van der Waals surface area contributed by atoms with Crippen LogP contribution in [0.5, 0.6) is 0 Å². The standard InChI is InChI=1S/C32H50O5/c1-18(33)35-25-13-14-30(6)21-12-16-31(7)20(19-17-23(36-27(19)34)26-29(4,5)37-26)11-15-32(31,8)22(21)9-10-24(30)28(25,2)3/h9,19-21,23-27,34H,10-17H2,1-8H3. The molecule has 2 heterocycles. The average Bonchev–Trinajstić information content (AvgIpc) is 3.12. The van der Waals surface area contributed by atoms with E-state index in [1.807, 2.05) is 0 Å². The summed E-state index contributed by atoms with van der Waals surface area (Å²) in [6, 6.07) is 0. The fourth-order valence-corrected chi connectivity index (χ4v) is 10.9. The van der Waals surface area contributed by atoms with Crippen molar-refractivity contribution in [1.82, 2.24) is 0 Å². The lowest BCUT2D eigenvalue weighted by molar-refractivity contribution is -0.175. The number of hydrogen-bond donors (Lipinski definition) is 1. The van der Waals surface area contributed by atoms with Crippen molar-refractivity contribution >= 4 is 5.97 Å². The molecule has 0 bridgehead atoms. The van der Waals surface area contributed by atoms with E-state index in [4.69, 9.17) is 14.2 Å². The maximum atomic E-state index is 11.9. The molecule has 1 N–H and O–H groups in total. The summed E-state index contributed by atoms with van der Waals surface area (Å²) in [5, 5.41) is 11.1. The van der Waals surface area contributed by atoms with Gasteiger partial charge in [-0.1, -0.05) is 46.3 Å². The average molecular weight is 515 g/mol. The number of esters is 1. The first-order valence-corrected chi connectivity index (χ1v) is 15.0. The minimum atomic E-state index is -0.675. The Bertz CT molecular complexity index is 999. The molecule has 2 aliphatic heterocycles. The van der Waals surface area contributed by atoms with E-state index in [1.54, 1.807) is 12.5 Å². The lowest BCUT2D eigenvalue weighted by Gasteiger charge is -2.64. The van der Waals surface area contributed by atoms with Crippen LogP contribution in [0.15, 0.2) is 11.6 Å². The Labute approximate surface area is 224 Å². The first-order chi connectivity index (χ1) is 17.1. The van der Waals surface area contributed by atoms with Crippen LogP contribution in [0.25, 0.3) is 0 Å². The minimum Gasteiger partial charge on any atom is -0.462 e. The van der Waals surface area contributed by atoms with Crippen molar-refractivity contribution in [2.75, 3.05) is 0 Å². The summed E-state index contributed by atoms with van der Waals surface area (Å²) in [6.45, 7) is 18.1. The summed E-state index contributed by atoms with van der Waals surface area (Å²) in [4.78, 5) is 11.9. The Morgan fingerprint density at radius 2 is 1.73 bits per heavy atom. The maximum absolute atomic E-state index is 11.9. The van der Waals surface area contributed by atoms with Crippen LogP contribution in [-0.4, -0.2) is 41.3 Å². The van der Waals surface area contributed by atoms with Gasteiger partial charge in [-0.25, -0.2) is 0 Å². The number of carbonyl (C=O) groups is 1. The number of epoxide rings is 1. The first kappa shape index (κ1) is 26.3. The largest absolute Gasteiger partial charge is 0.462 e. The molecule has 3 saturated carbocycles. The molecule has 6 rings (SSSR count). The summed E-state index contributed by atoms with van der Waals surface area (Å²) in [7, 11) is 0. The second-order valence-corrected chi connectivity index (χ2v) is 15.5. The molecule has 6 aliphatic rings. The topological polar surface area (TPSA) is 68.3 Å². The van der Waals surface area contributed by atoms with Crippen LogP contribution < -0.4 is 0 Å². The zero-order valence-corrected chi connectivity index (χ0v) is 24.4. The quantitative estimate of drug-likeness (QED) is 0.267. The van der Waals surface area contributed by atoms with E-state index >= 15 is 0 Å². The van der Waals surface area contributed by atoms with Gasteiger partial charge in [0.25, 0.3) is 0 Å². The highest BCUT2D eigenvalue weighted by Crippen LogP contribution is 2.74. The molecular weight excluding hydrogens is 464 g/mol. The summed E-state index contributed by atoms with van der Waals surface area (Å²) in [5.41, 5.74) is 2.14. The second-order valence-electron chi connectivity index (χ2n) is 15.5. The monoisotopic (exact) mass is 514 g/mol. The van der Waals surface area contributed by atoms with E-state index in [1.165, 1.54) is 25.7 Å². The van der Waals surface area contributed by atoms with Gasteiger partial charge in [-0.15, -0.1) is 0 Å². The number of aliphatic hydroxyl groups excluding tert-OH is 1. The summed E-state index contributed by atoms with van der Waals surface area (Å²) in [5.74, 6) is 1.63. The minimum absolute atomic E-state index is 0.00977. The van der Waals surface area contributed by atoms with Crippen LogP contribution in [-0.2, 0) is 19.0 Å². The molecule has 5 fully saturated rings. The van der Waals surface area contributed by atoms with Crippen LogP contribution in [0, 0.1) is 45.3 Å². The van der Waals surface area contributed by atoms with E-state index in [2.05, 4.69) is 54.5 Å². The van der Waals surface area contributed by atoms with E-state index in [-0.39, 0.29) is 57.5 Å². The summed E-state index contributed by atoms with van der Waals surface area (Å²) < 4.78 is 17.9. The van der Waals surface area contributed by atoms with Crippen molar-refractivity contribution < 1.29 is 24.1 Å². The van der Waals surface area contributed by atoms with Crippen LogP contribution >= 0.6 is 0 Å². The van der Waals surface area contributed by atoms with Gasteiger partial charge in [0, 0.05) is 18.3 Å². The van der Waals surface area contributed by atoms with Crippen molar-refractivity contribution in [2.45, 2.75) is 137 Å². The lowest BCUT2D eigenvalue weighted by Crippen LogP contribution is -2.58.